The Morgan fingerprint density at radius 1 is 0.474 bits per heavy atom. The zero-order valence-electron chi connectivity index (χ0n) is 7.99. The molecule has 0 spiro atoms. The highest BCUT2D eigenvalue weighted by atomic mass is 127. The van der Waals surface area contributed by atoms with Crippen molar-refractivity contribution in [3.05, 3.63) is 0 Å². The maximum absolute atomic E-state index is 2.67. The minimum atomic E-state index is 0.0816. The molecule has 0 bridgehead atoms. The van der Waals surface area contributed by atoms with Crippen LogP contribution >= 0.6 is 294 Å². The molecule has 0 aromatic heterocycles. The Kier molecular flexibility index (Phi) is 16.0. The van der Waals surface area contributed by atoms with E-state index < -0.39 is 0 Å². The molecule has 0 amide bonds. The summed E-state index contributed by atoms with van der Waals surface area (Å²) in [6.45, 7) is 0. The summed E-state index contributed by atoms with van der Waals surface area (Å²) in [5.74, 6) is 0. The first-order valence-corrected chi connectivity index (χ1v) is 18.2. The summed E-state index contributed by atoms with van der Waals surface area (Å²) in [5, 5.41) is 0. The fourth-order valence-electron chi connectivity index (χ4n) is 0.722. The topological polar surface area (TPSA) is 0 Å². The molecule has 0 unspecified atom stereocenters. The number of alkyl halides is 13. The third-order valence-corrected chi connectivity index (χ3v) is 42.1. The zero-order valence-corrected chi connectivity index (χ0v) is 36.0. The average molecular weight is 1720 g/mol. The van der Waals surface area contributed by atoms with Gasteiger partial charge >= 0.3 is 0 Å². The third-order valence-electron chi connectivity index (χ3n) is 1.84. The Balaban J connectivity index is 5.92. The lowest BCUT2D eigenvalue weighted by Crippen LogP contribution is -2.60. The molecule has 116 valence electrons. The molecule has 0 atom stereocenters. The van der Waals surface area contributed by atoms with Crippen LogP contribution in [-0.2, 0) is 0 Å². The fourth-order valence-corrected chi connectivity index (χ4v) is 17.2. The van der Waals surface area contributed by atoms with Gasteiger partial charge in [-0.05, 0) is 0 Å². The predicted molar refractivity (Wildman–Crippen MR) is 200 cm³/mol. The molecular weight excluding hydrogens is 1720 g/mol. The second-order valence-corrected chi connectivity index (χ2v) is 40.4. The first-order chi connectivity index (χ1) is 7.94. The molecule has 19 heavy (non-hydrogen) atoms. The molecule has 0 aliphatic carbocycles. The zero-order chi connectivity index (χ0) is 16.1. The molecule has 0 aromatic rings. The van der Waals surface area contributed by atoms with E-state index in [0.29, 0.717) is 1.93 Å². The van der Waals surface area contributed by atoms with Crippen molar-refractivity contribution in [2.75, 3.05) is 0 Å². The van der Waals surface area contributed by atoms with E-state index in [1.165, 1.54) is 0 Å². The van der Waals surface area contributed by atoms with E-state index >= 15 is 0 Å². The van der Waals surface area contributed by atoms with Crippen molar-refractivity contribution in [1.82, 2.24) is 0 Å². The molecule has 0 radical (unpaired) electrons. The lowest BCUT2D eigenvalue weighted by Gasteiger charge is -2.52. The van der Waals surface area contributed by atoms with Gasteiger partial charge in [-0.2, -0.15) is 0 Å². The van der Waals surface area contributed by atoms with Crippen molar-refractivity contribution >= 4 is 294 Å². The quantitative estimate of drug-likeness (QED) is 0.190. The maximum atomic E-state index is 2.67. The molecular formula is C6HI13. The molecule has 0 saturated carbocycles. The van der Waals surface area contributed by atoms with Crippen molar-refractivity contribution in [2.45, 2.75) is 7.08 Å². The molecule has 0 nitrogen and oxygen atoms in total. The molecule has 0 heterocycles. The van der Waals surface area contributed by atoms with Crippen LogP contribution in [0.1, 0.15) is 0 Å². The summed E-state index contributed by atoms with van der Waals surface area (Å²) in [5.41, 5.74) is 0. The second kappa shape index (κ2) is 10.7. The number of halogens is 13. The van der Waals surface area contributed by atoms with E-state index in [4.69, 9.17) is 0 Å². The van der Waals surface area contributed by atoms with Crippen LogP contribution < -0.4 is 0 Å². The number of rotatable bonds is 5. The third kappa shape index (κ3) is 6.74. The monoisotopic (exact) mass is 1720 g/mol. The fraction of sp³-hybridized carbons (Fsp3) is 1.00. The van der Waals surface area contributed by atoms with Crippen molar-refractivity contribution < 1.29 is 0 Å². The van der Waals surface area contributed by atoms with Crippen LogP contribution in [-0.4, -0.2) is 7.08 Å². The molecule has 0 fully saturated rings. The van der Waals surface area contributed by atoms with E-state index in [-0.39, 0.29) is 5.15 Å². The SMILES string of the molecule is IC(I)C(I)(I)C(I)(I)C(I)(I)C(I)(I)C(I)(I)I. The standard InChI is InChI=1S/C6HI13/c7-1(8)2(9,10)3(11,12)4(13,14)5(15,16)6(17,18)19/h1H. The van der Waals surface area contributed by atoms with Gasteiger partial charge in [-0.1, -0.05) is 294 Å². The summed E-state index contributed by atoms with van der Waals surface area (Å²) in [7, 11) is 0. The molecule has 0 aromatic carbocycles. The Bertz CT molecular complexity index is 323. The van der Waals surface area contributed by atoms with Gasteiger partial charge in [0.1, 0.15) is 5.15 Å². The minimum Gasteiger partial charge on any atom is -0.0686 e. The summed E-state index contributed by atoms with van der Waals surface area (Å²) < 4.78 is 1.13. The van der Waals surface area contributed by atoms with Crippen molar-refractivity contribution in [3.63, 3.8) is 0 Å². The van der Waals surface area contributed by atoms with Crippen LogP contribution in [0.15, 0.2) is 0 Å². The Morgan fingerprint density at radius 2 is 0.789 bits per heavy atom. The smallest absolute Gasteiger partial charge is 0.0686 e. The molecule has 0 aliphatic heterocycles. The van der Waals surface area contributed by atoms with Crippen molar-refractivity contribution in [3.8, 4) is 0 Å². The summed E-state index contributed by atoms with van der Waals surface area (Å²) in [6, 6.07) is 0. The highest BCUT2D eigenvalue weighted by Gasteiger charge is 2.69. The number of hydrogen-bond donors (Lipinski definition) is 0. The van der Waals surface area contributed by atoms with Crippen molar-refractivity contribution in [1.29, 1.82) is 0 Å². The van der Waals surface area contributed by atoms with E-state index in [1.807, 2.05) is 0 Å². The van der Waals surface area contributed by atoms with Gasteiger partial charge in [0, 0.05) is 0 Å². The van der Waals surface area contributed by atoms with Gasteiger partial charge in [0.2, 0.25) is 0 Å². The van der Waals surface area contributed by atoms with E-state index in [9.17, 15) is 0 Å². The van der Waals surface area contributed by atoms with Crippen LogP contribution in [0.3, 0.4) is 0 Å². The maximum Gasteiger partial charge on any atom is 0.149 e. The first-order valence-electron chi connectivity index (χ1n) is 3.80. The summed E-state index contributed by atoms with van der Waals surface area (Å²) >= 11 is 34.0. The first kappa shape index (κ1) is 28.5. The van der Waals surface area contributed by atoms with Gasteiger partial charge in [0.25, 0.3) is 0 Å². The molecule has 0 rings (SSSR count). The highest BCUT2D eigenvalue weighted by molar-refractivity contribution is 14.3. The van der Waals surface area contributed by atoms with E-state index in [2.05, 4.69) is 294 Å². The molecule has 0 N–H and O–H groups in total. The van der Waals surface area contributed by atoms with E-state index in [0.717, 1.165) is 0 Å². The Morgan fingerprint density at radius 3 is 1.00 bits per heavy atom. The Labute approximate surface area is 291 Å². The summed E-state index contributed by atoms with van der Waals surface area (Å²) in [4.78, 5) is 0. The molecule has 0 aliphatic rings. The average Bonchev–Trinajstić information content (AvgIpc) is 2.14. The van der Waals surface area contributed by atoms with Gasteiger partial charge in [0.15, 0.2) is 0 Å². The largest absolute Gasteiger partial charge is 0.149 e. The number of hydrogen-bond acceptors (Lipinski definition) is 0. The van der Waals surface area contributed by atoms with Gasteiger partial charge in [-0.25, -0.2) is 0 Å². The van der Waals surface area contributed by atoms with Gasteiger partial charge in [-0.3, -0.25) is 0 Å². The van der Waals surface area contributed by atoms with Crippen LogP contribution in [0, 0.1) is 0 Å². The van der Waals surface area contributed by atoms with Crippen LogP contribution in [0.5, 0.6) is 0 Å². The predicted octanol–water partition coefficient (Wildman–Crippen LogP) is 10.4. The van der Waals surface area contributed by atoms with Crippen LogP contribution in [0.25, 0.3) is 0 Å². The lowest BCUT2D eigenvalue weighted by molar-refractivity contribution is 0.775. The second-order valence-electron chi connectivity index (χ2n) is 3.14. The molecule has 13 heteroatoms. The van der Waals surface area contributed by atoms with Gasteiger partial charge in [-0.15, -0.1) is 0 Å². The summed E-state index contributed by atoms with van der Waals surface area (Å²) in [6.07, 6.45) is 0. The van der Waals surface area contributed by atoms with Gasteiger partial charge in [0.05, 0.1) is 1.93 Å². The van der Waals surface area contributed by atoms with Gasteiger partial charge < -0.3 is 0 Å². The van der Waals surface area contributed by atoms with Crippen LogP contribution in [0.2, 0.25) is 0 Å². The van der Waals surface area contributed by atoms with Crippen molar-refractivity contribution in [2.24, 2.45) is 0 Å². The lowest BCUT2D eigenvalue weighted by atomic mass is 10.2. The molecule has 0 saturated heterocycles. The normalized spacial score (nSPS) is 16.1. The highest BCUT2D eigenvalue weighted by Crippen LogP contribution is 2.74. The Hall–Kier alpha value is 9.49. The van der Waals surface area contributed by atoms with Crippen LogP contribution in [0.4, 0.5) is 0 Å². The van der Waals surface area contributed by atoms with E-state index in [1.54, 1.807) is 0 Å². The minimum absolute atomic E-state index is 0.0816.